The molecule has 4 atom stereocenters. The van der Waals surface area contributed by atoms with E-state index in [1.165, 1.54) is 5.57 Å². The molecule has 0 saturated heterocycles. The minimum Gasteiger partial charge on any atom is -0.393 e. The summed E-state index contributed by atoms with van der Waals surface area (Å²) in [7, 11) is 1.64. The molecule has 0 amide bonds. The van der Waals surface area contributed by atoms with Crippen molar-refractivity contribution in [3.8, 4) is 0 Å². The van der Waals surface area contributed by atoms with Crippen molar-refractivity contribution in [2.24, 2.45) is 5.92 Å². The van der Waals surface area contributed by atoms with Crippen LogP contribution >= 0.6 is 0 Å². The normalized spacial score (nSPS) is 34.4. The first-order chi connectivity index (χ1) is 9.54. The second-order valence-electron chi connectivity index (χ2n) is 5.97. The maximum Gasteiger partial charge on any atom is 0.102 e. The third-order valence-corrected chi connectivity index (χ3v) is 4.05. The highest BCUT2D eigenvalue weighted by Crippen LogP contribution is 2.19. The zero-order valence-corrected chi connectivity index (χ0v) is 13.1. The summed E-state index contributed by atoms with van der Waals surface area (Å²) in [5, 5.41) is 20.3. The molecule has 116 valence electrons. The molecule has 20 heavy (non-hydrogen) atoms. The molecule has 0 aromatic heterocycles. The third-order valence-electron chi connectivity index (χ3n) is 4.05. The minimum atomic E-state index is -0.529. The average Bonchev–Trinajstić information content (AvgIpc) is 2.43. The molecule has 2 N–H and O–H groups in total. The minimum absolute atomic E-state index is 0.0460. The number of aliphatic hydroxyl groups excluding tert-OH is 2. The fourth-order valence-electron chi connectivity index (χ4n) is 2.67. The van der Waals surface area contributed by atoms with Gasteiger partial charge in [-0.3, -0.25) is 0 Å². The topological polar surface area (TPSA) is 49.7 Å². The predicted molar refractivity (Wildman–Crippen MR) is 82.6 cm³/mol. The summed E-state index contributed by atoms with van der Waals surface area (Å²) in [5.74, 6) is 0.0460. The van der Waals surface area contributed by atoms with E-state index in [1.807, 2.05) is 13.0 Å². The van der Waals surface area contributed by atoms with Crippen LogP contribution in [0.5, 0.6) is 0 Å². The zero-order chi connectivity index (χ0) is 15.0. The molecule has 0 aromatic carbocycles. The lowest BCUT2D eigenvalue weighted by molar-refractivity contribution is -0.00190. The summed E-state index contributed by atoms with van der Waals surface area (Å²) in [6.07, 6.45) is 10.9. The van der Waals surface area contributed by atoms with Gasteiger partial charge in [-0.25, -0.2) is 0 Å². The Labute approximate surface area is 123 Å². The summed E-state index contributed by atoms with van der Waals surface area (Å²) in [4.78, 5) is 0. The largest absolute Gasteiger partial charge is 0.393 e. The number of hydrogen-bond donors (Lipinski definition) is 2. The van der Waals surface area contributed by atoms with Crippen molar-refractivity contribution in [1.82, 2.24) is 0 Å². The van der Waals surface area contributed by atoms with E-state index in [4.69, 9.17) is 4.74 Å². The number of aliphatic hydroxyl groups is 2. The standard InChI is InChI=1S/C17H30O3/c1-13-10-11-15(18)8-6-4-5-7-9-16(20-3)17(19)14(2)12-13/h7,9,12,14-19H,4-6,8,10-11H2,1-3H3/t14?,15?,16-,17-/m0/s1. The van der Waals surface area contributed by atoms with Crippen LogP contribution in [0.1, 0.15) is 52.4 Å². The van der Waals surface area contributed by atoms with Crippen molar-refractivity contribution in [3.05, 3.63) is 23.8 Å². The third kappa shape index (κ3) is 6.21. The second kappa shape index (κ2) is 9.32. The smallest absolute Gasteiger partial charge is 0.102 e. The lowest BCUT2D eigenvalue weighted by atomic mass is 9.94. The van der Waals surface area contributed by atoms with Crippen LogP contribution in [-0.4, -0.2) is 35.6 Å². The molecular formula is C17H30O3. The fourth-order valence-corrected chi connectivity index (χ4v) is 2.67. The lowest BCUT2D eigenvalue weighted by Crippen LogP contribution is -2.31. The molecular weight excluding hydrogens is 252 g/mol. The SMILES string of the molecule is CO[C@H]1C=CCCCCC(O)CCC(C)=CC(C)[C@@H]1O. The lowest BCUT2D eigenvalue weighted by Gasteiger charge is -2.23. The summed E-state index contributed by atoms with van der Waals surface area (Å²) in [6, 6.07) is 0. The van der Waals surface area contributed by atoms with Gasteiger partial charge < -0.3 is 14.9 Å². The Bertz CT molecular complexity index is 322. The quantitative estimate of drug-likeness (QED) is 0.726. The highest BCUT2D eigenvalue weighted by molar-refractivity contribution is 5.05. The molecule has 1 rings (SSSR count). The van der Waals surface area contributed by atoms with Gasteiger partial charge in [-0.05, 0) is 39.0 Å². The predicted octanol–water partition coefficient (Wildman–Crippen LogP) is 3.22. The summed E-state index contributed by atoms with van der Waals surface area (Å²) in [6.45, 7) is 4.08. The molecule has 0 aliphatic heterocycles. The van der Waals surface area contributed by atoms with Crippen LogP contribution in [0.2, 0.25) is 0 Å². The van der Waals surface area contributed by atoms with Gasteiger partial charge >= 0.3 is 0 Å². The zero-order valence-electron chi connectivity index (χ0n) is 13.1. The van der Waals surface area contributed by atoms with E-state index in [0.29, 0.717) is 0 Å². The van der Waals surface area contributed by atoms with Gasteiger partial charge in [0.1, 0.15) is 6.10 Å². The average molecular weight is 282 g/mol. The van der Waals surface area contributed by atoms with E-state index in [9.17, 15) is 10.2 Å². The van der Waals surface area contributed by atoms with Gasteiger partial charge in [0, 0.05) is 13.0 Å². The Hall–Kier alpha value is -0.640. The van der Waals surface area contributed by atoms with Crippen LogP contribution in [0.4, 0.5) is 0 Å². The van der Waals surface area contributed by atoms with E-state index >= 15 is 0 Å². The Morgan fingerprint density at radius 2 is 1.95 bits per heavy atom. The molecule has 1 aliphatic rings. The van der Waals surface area contributed by atoms with Crippen molar-refractivity contribution in [2.75, 3.05) is 7.11 Å². The Balaban J connectivity index is 2.76. The van der Waals surface area contributed by atoms with Crippen LogP contribution in [0.3, 0.4) is 0 Å². The van der Waals surface area contributed by atoms with Crippen LogP contribution in [0, 0.1) is 5.92 Å². The number of methoxy groups -OCH3 is 1. The second-order valence-corrected chi connectivity index (χ2v) is 5.97. The van der Waals surface area contributed by atoms with E-state index in [1.54, 1.807) is 7.11 Å². The van der Waals surface area contributed by atoms with Crippen LogP contribution in [0.15, 0.2) is 23.8 Å². The van der Waals surface area contributed by atoms with Gasteiger partial charge in [0.2, 0.25) is 0 Å². The number of hydrogen-bond acceptors (Lipinski definition) is 3. The van der Waals surface area contributed by atoms with Gasteiger partial charge in [0.15, 0.2) is 0 Å². The van der Waals surface area contributed by atoms with Crippen LogP contribution in [0.25, 0.3) is 0 Å². The van der Waals surface area contributed by atoms with Gasteiger partial charge in [-0.1, -0.05) is 37.1 Å². The van der Waals surface area contributed by atoms with E-state index in [0.717, 1.165) is 38.5 Å². The first-order valence-corrected chi connectivity index (χ1v) is 7.77. The molecule has 0 heterocycles. The van der Waals surface area contributed by atoms with Gasteiger partial charge in [-0.2, -0.15) is 0 Å². The van der Waals surface area contributed by atoms with Crippen molar-refractivity contribution < 1.29 is 14.9 Å². The van der Waals surface area contributed by atoms with Crippen molar-refractivity contribution in [2.45, 2.75) is 70.7 Å². The maximum absolute atomic E-state index is 10.3. The number of allylic oxidation sites excluding steroid dienone is 2. The first kappa shape index (κ1) is 17.4. The fraction of sp³-hybridized carbons (Fsp3) is 0.765. The number of ether oxygens (including phenoxy) is 1. The van der Waals surface area contributed by atoms with Gasteiger partial charge in [0.25, 0.3) is 0 Å². The van der Waals surface area contributed by atoms with Gasteiger partial charge in [-0.15, -0.1) is 0 Å². The molecule has 3 heteroatoms. The van der Waals surface area contributed by atoms with E-state index < -0.39 is 6.10 Å². The summed E-state index contributed by atoms with van der Waals surface area (Å²) < 4.78 is 5.38. The maximum atomic E-state index is 10.3. The van der Waals surface area contributed by atoms with Crippen LogP contribution in [-0.2, 0) is 4.74 Å². The van der Waals surface area contributed by atoms with Crippen molar-refractivity contribution >= 4 is 0 Å². The molecule has 0 radical (unpaired) electrons. The molecule has 0 bridgehead atoms. The molecule has 0 saturated carbocycles. The molecule has 0 spiro atoms. The Kier molecular flexibility index (Phi) is 8.12. The Morgan fingerprint density at radius 1 is 1.20 bits per heavy atom. The van der Waals surface area contributed by atoms with Crippen molar-refractivity contribution in [1.29, 1.82) is 0 Å². The van der Waals surface area contributed by atoms with Crippen LogP contribution < -0.4 is 0 Å². The molecule has 3 nitrogen and oxygen atoms in total. The first-order valence-electron chi connectivity index (χ1n) is 7.77. The molecule has 2 unspecified atom stereocenters. The summed E-state index contributed by atoms with van der Waals surface area (Å²) >= 11 is 0. The Morgan fingerprint density at radius 3 is 2.65 bits per heavy atom. The molecule has 1 aliphatic carbocycles. The highest BCUT2D eigenvalue weighted by atomic mass is 16.5. The molecule has 0 aromatic rings. The van der Waals surface area contributed by atoms with Crippen molar-refractivity contribution in [3.63, 3.8) is 0 Å². The monoisotopic (exact) mass is 282 g/mol. The molecule has 0 fully saturated rings. The summed E-state index contributed by atoms with van der Waals surface area (Å²) in [5.41, 5.74) is 1.23. The van der Waals surface area contributed by atoms with Gasteiger partial charge in [0.05, 0.1) is 12.2 Å². The van der Waals surface area contributed by atoms with E-state index in [2.05, 4.69) is 19.1 Å². The highest BCUT2D eigenvalue weighted by Gasteiger charge is 2.21. The van der Waals surface area contributed by atoms with E-state index in [-0.39, 0.29) is 18.1 Å². The number of rotatable bonds is 1.